The molecule has 0 fully saturated rings. The minimum Gasteiger partial charge on any atom is -0.454 e. The molecule has 0 aliphatic rings. The Labute approximate surface area is 106 Å². The van der Waals surface area contributed by atoms with E-state index < -0.39 is 0 Å². The smallest absolute Gasteiger partial charge is 0.165 e. The van der Waals surface area contributed by atoms with Crippen molar-refractivity contribution in [2.24, 2.45) is 0 Å². The summed E-state index contributed by atoms with van der Waals surface area (Å²) in [5.74, 6) is 0.506. The summed E-state index contributed by atoms with van der Waals surface area (Å²) in [6.45, 7) is 1.91. The zero-order chi connectivity index (χ0) is 13.0. The summed E-state index contributed by atoms with van der Waals surface area (Å²) in [6, 6.07) is 11.9. The molecule has 94 valence electrons. The lowest BCUT2D eigenvalue weighted by Crippen LogP contribution is -2.14. The molecule has 0 spiro atoms. The molecule has 0 saturated carbocycles. The molecular weight excluding hydrogens is 231 g/mol. The summed E-state index contributed by atoms with van der Waals surface area (Å²) in [5.41, 5.74) is 7.67. The van der Waals surface area contributed by atoms with Crippen LogP contribution in [-0.4, -0.2) is 7.05 Å². The van der Waals surface area contributed by atoms with E-state index in [0.29, 0.717) is 5.75 Å². The van der Waals surface area contributed by atoms with Crippen LogP contribution in [0.2, 0.25) is 0 Å². The van der Waals surface area contributed by atoms with Gasteiger partial charge in [-0.25, -0.2) is 9.82 Å². The van der Waals surface area contributed by atoms with Gasteiger partial charge in [0.25, 0.3) is 0 Å². The van der Waals surface area contributed by atoms with Crippen molar-refractivity contribution < 1.29 is 9.13 Å². The van der Waals surface area contributed by atoms with Gasteiger partial charge in [0.2, 0.25) is 0 Å². The third-order valence-electron chi connectivity index (χ3n) is 2.50. The Morgan fingerprint density at radius 3 is 2.50 bits per heavy atom. The van der Waals surface area contributed by atoms with E-state index in [1.807, 2.05) is 19.1 Å². The quantitative estimate of drug-likeness (QED) is 0.810. The van der Waals surface area contributed by atoms with Crippen LogP contribution in [0, 0.1) is 12.7 Å². The van der Waals surface area contributed by atoms with Crippen LogP contribution in [0.5, 0.6) is 11.5 Å². The van der Waals surface area contributed by atoms with Crippen LogP contribution in [0.3, 0.4) is 0 Å². The van der Waals surface area contributed by atoms with Gasteiger partial charge in [-0.2, -0.15) is 0 Å². The topological polar surface area (TPSA) is 33.3 Å². The van der Waals surface area contributed by atoms with E-state index >= 15 is 0 Å². The number of aryl methyl sites for hydroxylation is 1. The minimum atomic E-state index is -0.366. The van der Waals surface area contributed by atoms with Crippen LogP contribution < -0.4 is 15.6 Å². The van der Waals surface area contributed by atoms with Gasteiger partial charge in [0, 0.05) is 12.7 Å². The molecule has 4 heteroatoms. The summed E-state index contributed by atoms with van der Waals surface area (Å²) < 4.78 is 19.0. The molecule has 0 aromatic heterocycles. The van der Waals surface area contributed by atoms with Gasteiger partial charge in [0.1, 0.15) is 5.75 Å². The molecule has 2 aromatic rings. The molecule has 0 heterocycles. The lowest BCUT2D eigenvalue weighted by molar-refractivity contribution is 0.439. The number of anilines is 1. The van der Waals surface area contributed by atoms with Crippen LogP contribution >= 0.6 is 0 Å². The maximum Gasteiger partial charge on any atom is 0.165 e. The summed E-state index contributed by atoms with van der Waals surface area (Å²) in [5, 5.41) is 0. The van der Waals surface area contributed by atoms with E-state index in [4.69, 9.17) is 4.74 Å². The molecule has 2 N–H and O–H groups in total. The monoisotopic (exact) mass is 246 g/mol. The second kappa shape index (κ2) is 5.51. The number of benzene rings is 2. The van der Waals surface area contributed by atoms with Crippen molar-refractivity contribution in [1.82, 2.24) is 5.43 Å². The van der Waals surface area contributed by atoms with Crippen molar-refractivity contribution in [3.05, 3.63) is 53.8 Å². The second-order valence-electron chi connectivity index (χ2n) is 3.89. The predicted molar refractivity (Wildman–Crippen MR) is 70.3 cm³/mol. The highest BCUT2D eigenvalue weighted by Crippen LogP contribution is 2.28. The number of hydrogen-bond donors (Lipinski definition) is 2. The lowest BCUT2D eigenvalue weighted by atomic mass is 10.2. The average molecular weight is 246 g/mol. The molecule has 0 bridgehead atoms. The van der Waals surface area contributed by atoms with Crippen molar-refractivity contribution >= 4 is 5.69 Å². The Kier molecular flexibility index (Phi) is 3.79. The van der Waals surface area contributed by atoms with Gasteiger partial charge in [-0.05, 0) is 42.8 Å². The molecule has 0 atom stereocenters. The predicted octanol–water partition coefficient (Wildman–Crippen LogP) is 3.47. The van der Waals surface area contributed by atoms with Gasteiger partial charge in [-0.3, -0.25) is 0 Å². The maximum absolute atomic E-state index is 13.5. The third kappa shape index (κ3) is 2.78. The van der Waals surface area contributed by atoms with E-state index in [1.54, 1.807) is 31.3 Å². The molecule has 18 heavy (non-hydrogen) atoms. The van der Waals surface area contributed by atoms with Crippen LogP contribution in [0.15, 0.2) is 42.5 Å². The highest BCUT2D eigenvalue weighted by molar-refractivity contribution is 5.51. The largest absolute Gasteiger partial charge is 0.454 e. The Hall–Kier alpha value is -2.07. The molecule has 2 rings (SSSR count). The molecule has 0 amide bonds. The zero-order valence-electron chi connectivity index (χ0n) is 10.3. The van der Waals surface area contributed by atoms with Crippen LogP contribution in [0.4, 0.5) is 10.1 Å². The standard InChI is InChI=1S/C14H15FN2O/c1-10-9-11(17-16-2)7-8-13(10)18-14-6-4-3-5-12(14)15/h3-9,16-17H,1-2H3. The van der Waals surface area contributed by atoms with Gasteiger partial charge in [-0.15, -0.1) is 0 Å². The second-order valence-corrected chi connectivity index (χ2v) is 3.89. The Balaban J connectivity index is 2.22. The lowest BCUT2D eigenvalue weighted by Gasteiger charge is -2.11. The number of ether oxygens (including phenoxy) is 1. The first-order chi connectivity index (χ1) is 8.70. The fraction of sp³-hybridized carbons (Fsp3) is 0.143. The number of rotatable bonds is 4. The first-order valence-corrected chi connectivity index (χ1v) is 5.66. The Bertz CT molecular complexity index is 543. The van der Waals surface area contributed by atoms with Crippen LogP contribution in [0.1, 0.15) is 5.56 Å². The maximum atomic E-state index is 13.5. The SMILES string of the molecule is CNNc1ccc(Oc2ccccc2F)c(C)c1. The normalized spacial score (nSPS) is 10.2. The first-order valence-electron chi connectivity index (χ1n) is 5.66. The van der Waals surface area contributed by atoms with E-state index in [-0.39, 0.29) is 11.6 Å². The number of hydrazine groups is 1. The molecule has 0 aliphatic heterocycles. The average Bonchev–Trinajstić information content (AvgIpc) is 2.35. The molecule has 3 nitrogen and oxygen atoms in total. The van der Waals surface area contributed by atoms with Crippen molar-refractivity contribution in [3.8, 4) is 11.5 Å². The van der Waals surface area contributed by atoms with Crippen molar-refractivity contribution in [2.45, 2.75) is 6.92 Å². The fourth-order valence-electron chi connectivity index (χ4n) is 1.63. The van der Waals surface area contributed by atoms with Crippen molar-refractivity contribution in [1.29, 1.82) is 0 Å². The molecule has 0 saturated heterocycles. The summed E-state index contributed by atoms with van der Waals surface area (Å²) in [4.78, 5) is 0. The molecule has 0 radical (unpaired) electrons. The number of para-hydroxylation sites is 1. The van der Waals surface area contributed by atoms with Gasteiger partial charge in [0.15, 0.2) is 11.6 Å². The summed E-state index contributed by atoms with van der Waals surface area (Å²) in [6.07, 6.45) is 0. The summed E-state index contributed by atoms with van der Waals surface area (Å²) >= 11 is 0. The zero-order valence-corrected chi connectivity index (χ0v) is 10.3. The Morgan fingerprint density at radius 1 is 1.06 bits per heavy atom. The highest BCUT2D eigenvalue weighted by Gasteiger charge is 2.06. The van der Waals surface area contributed by atoms with E-state index in [9.17, 15) is 4.39 Å². The first kappa shape index (κ1) is 12.4. The number of halogens is 1. The van der Waals surface area contributed by atoms with Crippen molar-refractivity contribution in [3.63, 3.8) is 0 Å². The molecular formula is C14H15FN2O. The number of hydrogen-bond acceptors (Lipinski definition) is 3. The summed E-state index contributed by atoms with van der Waals surface area (Å²) in [7, 11) is 1.79. The van der Waals surface area contributed by atoms with Crippen LogP contribution in [0.25, 0.3) is 0 Å². The fourth-order valence-corrected chi connectivity index (χ4v) is 1.63. The Morgan fingerprint density at radius 2 is 1.83 bits per heavy atom. The molecule has 0 aliphatic carbocycles. The van der Waals surface area contributed by atoms with Gasteiger partial charge in [-0.1, -0.05) is 12.1 Å². The highest BCUT2D eigenvalue weighted by atomic mass is 19.1. The molecule has 0 unspecified atom stereocenters. The minimum absolute atomic E-state index is 0.231. The van der Waals surface area contributed by atoms with Crippen molar-refractivity contribution in [2.75, 3.05) is 12.5 Å². The third-order valence-corrected chi connectivity index (χ3v) is 2.50. The number of nitrogens with one attached hydrogen (secondary N) is 2. The van der Waals surface area contributed by atoms with Gasteiger partial charge >= 0.3 is 0 Å². The van der Waals surface area contributed by atoms with Gasteiger partial charge < -0.3 is 10.2 Å². The van der Waals surface area contributed by atoms with Gasteiger partial charge in [0.05, 0.1) is 0 Å². The van der Waals surface area contributed by atoms with E-state index in [0.717, 1.165) is 11.3 Å². The van der Waals surface area contributed by atoms with Crippen LogP contribution in [-0.2, 0) is 0 Å². The molecule has 2 aromatic carbocycles. The van der Waals surface area contributed by atoms with E-state index in [1.165, 1.54) is 6.07 Å². The van der Waals surface area contributed by atoms with E-state index in [2.05, 4.69) is 10.9 Å².